The molecule has 1 saturated heterocycles. The molecule has 0 spiro atoms. The van der Waals surface area contributed by atoms with Gasteiger partial charge in [-0.15, -0.1) is 23.1 Å². The summed E-state index contributed by atoms with van der Waals surface area (Å²) in [6.07, 6.45) is 3.42. The molecule has 7 N–H and O–H groups in total. The van der Waals surface area contributed by atoms with Crippen LogP contribution in [0, 0.1) is 0 Å². The van der Waals surface area contributed by atoms with Crippen molar-refractivity contribution >= 4 is 75.4 Å². The Kier molecular flexibility index (Phi) is 9.73. The molecule has 3 aromatic rings. The van der Waals surface area contributed by atoms with Gasteiger partial charge in [0.1, 0.15) is 42.4 Å². The Hall–Kier alpha value is -5.10. The maximum absolute atomic E-state index is 13.3. The lowest BCUT2D eigenvalue weighted by Gasteiger charge is -2.49. The number of β-lactam (4-membered cyclic amide) rings is 1. The van der Waals surface area contributed by atoms with E-state index in [0.29, 0.717) is 29.7 Å². The number of nitrogen functional groups attached to an aromatic ring is 1. The predicted octanol–water partition coefficient (Wildman–Crippen LogP) is 3.49. The fourth-order valence-corrected chi connectivity index (χ4v) is 8.29. The summed E-state index contributed by atoms with van der Waals surface area (Å²) in [5, 5.41) is 46.9. The number of allylic oxidation sites excluding steroid dienone is 1. The Morgan fingerprint density at radius 1 is 1.19 bits per heavy atom. The van der Waals surface area contributed by atoms with Crippen LogP contribution in [0.25, 0.3) is 6.08 Å². The van der Waals surface area contributed by atoms with Gasteiger partial charge in [-0.05, 0) is 31.1 Å². The van der Waals surface area contributed by atoms with Crippen molar-refractivity contribution in [2.24, 2.45) is 5.16 Å². The number of carboxylic acids is 2. The standard InChI is InChI=1S/C34H33ClN6O9S2/c1-34(2,32(48)49)50-39-24(21-15-52-33(36)37-21)28(44)38-25-29(45)40-26(31(46)47)18(14-51-30(25)40)9-8-16-4-6-17(7-5-16)11-41(3)12-19-10-22(42)27(43)23(35)20(19)13-41/h4-10,15,25,30H,11-14H2,1-3H3,(H6-,36,37,38,39,42,43,44,46,47,48,49)/p+1/b9-8+/t25-,30-,41?/m1/s1. The van der Waals surface area contributed by atoms with Gasteiger partial charge in [-0.2, -0.15) is 0 Å². The number of nitrogens with two attached hydrogens (primary N) is 1. The molecule has 0 saturated carbocycles. The van der Waals surface area contributed by atoms with Crippen LogP contribution in [0.2, 0.25) is 5.02 Å². The lowest BCUT2D eigenvalue weighted by atomic mass is 10.0. The van der Waals surface area contributed by atoms with Crippen LogP contribution in [-0.2, 0) is 43.7 Å². The molecule has 2 aromatic carbocycles. The zero-order valence-electron chi connectivity index (χ0n) is 28.0. The lowest BCUT2D eigenvalue weighted by molar-refractivity contribution is -0.941. The Bertz CT molecular complexity index is 2100. The monoisotopic (exact) mass is 769 g/mol. The van der Waals surface area contributed by atoms with E-state index in [9.17, 15) is 39.6 Å². The van der Waals surface area contributed by atoms with Crippen LogP contribution in [0.3, 0.4) is 0 Å². The number of aromatic nitrogens is 1. The van der Waals surface area contributed by atoms with Crippen molar-refractivity contribution in [3.8, 4) is 11.5 Å². The number of carbonyl (C=O) groups is 4. The minimum Gasteiger partial charge on any atom is -0.504 e. The number of rotatable bonds is 11. The summed E-state index contributed by atoms with van der Waals surface area (Å²) in [4.78, 5) is 60.9. The number of carbonyl (C=O) groups excluding carboxylic acids is 2. The molecule has 0 bridgehead atoms. The fourth-order valence-electron chi connectivity index (χ4n) is 6.14. The number of aromatic hydroxyl groups is 2. The summed E-state index contributed by atoms with van der Waals surface area (Å²) in [5.41, 5.74) is 7.32. The third-order valence-corrected chi connectivity index (χ3v) is 11.3. The molecule has 1 unspecified atom stereocenters. The topological polar surface area (TPSA) is 225 Å². The van der Waals surface area contributed by atoms with Crippen LogP contribution in [0.5, 0.6) is 11.5 Å². The van der Waals surface area contributed by atoms with Crippen molar-refractivity contribution < 1.29 is 48.9 Å². The van der Waals surface area contributed by atoms with Gasteiger partial charge in [-0.3, -0.25) is 14.5 Å². The van der Waals surface area contributed by atoms with Crippen molar-refractivity contribution in [1.82, 2.24) is 15.2 Å². The molecule has 0 aliphatic carbocycles. The van der Waals surface area contributed by atoms with Gasteiger partial charge in [-0.25, -0.2) is 14.6 Å². The van der Waals surface area contributed by atoms with E-state index < -0.39 is 46.5 Å². The third kappa shape index (κ3) is 7.04. The molecule has 0 radical (unpaired) electrons. The molecule has 3 aliphatic heterocycles. The largest absolute Gasteiger partial charge is 0.504 e. The minimum atomic E-state index is -1.78. The second-order valence-corrected chi connectivity index (χ2v) is 15.7. The lowest BCUT2D eigenvalue weighted by Crippen LogP contribution is -2.71. The van der Waals surface area contributed by atoms with Gasteiger partial charge >= 0.3 is 11.9 Å². The van der Waals surface area contributed by atoms with E-state index in [1.165, 1.54) is 31.0 Å². The highest BCUT2D eigenvalue weighted by Crippen LogP contribution is 2.44. The maximum Gasteiger partial charge on any atom is 0.352 e. The number of amides is 2. The van der Waals surface area contributed by atoms with Crippen molar-refractivity contribution in [2.75, 3.05) is 18.5 Å². The van der Waals surface area contributed by atoms with Gasteiger partial charge in [0.05, 0.1) is 12.1 Å². The van der Waals surface area contributed by atoms with Crippen molar-refractivity contribution in [3.63, 3.8) is 0 Å². The number of hydrogen-bond donors (Lipinski definition) is 6. The number of benzene rings is 2. The molecule has 3 atom stereocenters. The molecule has 2 amide bonds. The van der Waals surface area contributed by atoms with Gasteiger partial charge in [0.2, 0.25) is 5.60 Å². The average molecular weight is 770 g/mol. The van der Waals surface area contributed by atoms with Crippen molar-refractivity contribution in [2.45, 2.75) is 50.5 Å². The van der Waals surface area contributed by atoms with Gasteiger partial charge in [0.15, 0.2) is 22.3 Å². The van der Waals surface area contributed by atoms with Gasteiger partial charge in [-0.1, -0.05) is 53.2 Å². The number of fused-ring (bicyclic) bond motifs is 2. The van der Waals surface area contributed by atoms with Crippen LogP contribution in [0.1, 0.15) is 41.8 Å². The zero-order valence-corrected chi connectivity index (χ0v) is 30.4. The highest BCUT2D eigenvalue weighted by Gasteiger charge is 2.54. The number of hydrogen-bond acceptors (Lipinski definition) is 12. The number of halogens is 1. The third-order valence-electron chi connectivity index (χ3n) is 8.87. The van der Waals surface area contributed by atoms with E-state index in [2.05, 4.69) is 22.5 Å². The summed E-state index contributed by atoms with van der Waals surface area (Å²) in [6, 6.07) is 8.21. The molecule has 18 heteroatoms. The Morgan fingerprint density at radius 3 is 2.54 bits per heavy atom. The van der Waals surface area contributed by atoms with Gasteiger partial charge < -0.3 is 40.8 Å². The Balaban J connectivity index is 1.13. The number of thioether (sulfide) groups is 1. The molecule has 3 aliphatic rings. The maximum atomic E-state index is 13.3. The van der Waals surface area contributed by atoms with Crippen molar-refractivity contribution in [3.05, 3.63) is 86.0 Å². The number of phenols is 2. The predicted molar refractivity (Wildman–Crippen MR) is 193 cm³/mol. The first-order chi connectivity index (χ1) is 24.5. The van der Waals surface area contributed by atoms with Gasteiger partial charge in [0.25, 0.3) is 11.8 Å². The molecule has 1 fully saturated rings. The number of quaternary nitrogens is 1. The van der Waals surface area contributed by atoms with E-state index in [-0.39, 0.29) is 38.8 Å². The van der Waals surface area contributed by atoms with Gasteiger partial charge in [0, 0.05) is 27.8 Å². The summed E-state index contributed by atoms with van der Waals surface area (Å²) in [7, 11) is 2.07. The Labute approximate surface area is 310 Å². The number of nitrogens with zero attached hydrogens (tertiary/aromatic N) is 4. The molecule has 4 heterocycles. The number of oxime groups is 1. The van der Waals surface area contributed by atoms with E-state index in [1.807, 2.05) is 24.3 Å². The smallest absolute Gasteiger partial charge is 0.352 e. The number of carboxylic acid groups (broad SMARTS) is 2. The number of thiazole rings is 1. The molecule has 6 rings (SSSR count). The normalized spacial score (nSPS) is 21.5. The molecular formula is C34H34ClN6O9S2+. The summed E-state index contributed by atoms with van der Waals surface area (Å²) in [5.74, 6) is -4.47. The number of phenolic OH excluding ortho intramolecular Hbond substituents is 2. The summed E-state index contributed by atoms with van der Waals surface area (Å²) < 4.78 is 0.593. The SMILES string of the molecule is CC(C)(O/N=C(\C(=O)N[C@@H]1C(=O)N2C(C(=O)O)=C(/C=C/c3ccc(C[N+]4(C)Cc5cc(O)c(O)c(Cl)c5C4)cc3)CS[C@H]12)c1csc(N)n1)C(=O)O. The summed E-state index contributed by atoms with van der Waals surface area (Å²) >= 11 is 8.60. The van der Waals surface area contributed by atoms with E-state index in [0.717, 1.165) is 38.5 Å². The quantitative estimate of drug-likeness (QED) is 0.0542. The van der Waals surface area contributed by atoms with Crippen LogP contribution in [0.4, 0.5) is 5.13 Å². The van der Waals surface area contributed by atoms with Crippen LogP contribution in [-0.4, -0.2) is 94.1 Å². The number of aliphatic carboxylic acids is 2. The molecule has 15 nitrogen and oxygen atoms in total. The van der Waals surface area contributed by atoms with Crippen LogP contribution >= 0.6 is 34.7 Å². The second-order valence-electron chi connectivity index (χ2n) is 13.3. The summed E-state index contributed by atoms with van der Waals surface area (Å²) in [6.45, 7) is 4.36. The van der Waals surface area contributed by atoms with E-state index in [1.54, 1.807) is 18.2 Å². The first kappa shape index (κ1) is 36.7. The van der Waals surface area contributed by atoms with E-state index >= 15 is 0 Å². The first-order valence-electron chi connectivity index (χ1n) is 15.7. The fraction of sp³-hybridized carbons (Fsp3) is 0.294. The molecule has 1 aromatic heterocycles. The highest BCUT2D eigenvalue weighted by atomic mass is 35.5. The van der Waals surface area contributed by atoms with Crippen LogP contribution in [0.15, 0.2) is 58.2 Å². The zero-order chi connectivity index (χ0) is 37.7. The second kappa shape index (κ2) is 13.8. The molecular weight excluding hydrogens is 736 g/mol. The average Bonchev–Trinajstić information content (AvgIpc) is 3.67. The highest BCUT2D eigenvalue weighted by molar-refractivity contribution is 8.00. The first-order valence-corrected chi connectivity index (χ1v) is 18.0. The number of nitrogens with one attached hydrogen (secondary N) is 1. The van der Waals surface area contributed by atoms with Crippen molar-refractivity contribution in [1.29, 1.82) is 0 Å². The molecule has 52 heavy (non-hydrogen) atoms. The van der Waals surface area contributed by atoms with Crippen LogP contribution < -0.4 is 11.1 Å². The number of anilines is 1. The Morgan fingerprint density at radius 2 is 1.90 bits per heavy atom. The van der Waals surface area contributed by atoms with E-state index in [4.69, 9.17) is 22.2 Å². The molecule has 272 valence electrons. The minimum absolute atomic E-state index is 0.0114.